The lowest BCUT2D eigenvalue weighted by atomic mass is 10.3. The van der Waals surface area contributed by atoms with Gasteiger partial charge in [0.1, 0.15) is 12.4 Å². The molecule has 0 atom stereocenters. The zero-order chi connectivity index (χ0) is 19.4. The quantitative estimate of drug-likeness (QED) is 0.593. The fourth-order valence-corrected chi connectivity index (χ4v) is 2.84. The van der Waals surface area contributed by atoms with Crippen LogP contribution in [0.25, 0.3) is 11.0 Å². The number of carboxylic acid groups (broad SMARTS) is 1. The van der Waals surface area contributed by atoms with Gasteiger partial charge in [0.15, 0.2) is 0 Å². The summed E-state index contributed by atoms with van der Waals surface area (Å²) in [4.78, 5) is 56.6. The van der Waals surface area contributed by atoms with Crippen molar-refractivity contribution in [1.82, 2.24) is 25.1 Å². The first kappa shape index (κ1) is 18.4. The lowest BCUT2D eigenvalue weighted by molar-refractivity contribution is -0.150. The molecule has 1 fully saturated rings. The van der Waals surface area contributed by atoms with Crippen molar-refractivity contribution in [2.45, 2.75) is 6.42 Å². The molecule has 0 spiro atoms. The average molecular weight is 373 g/mol. The van der Waals surface area contributed by atoms with Crippen molar-refractivity contribution in [3.63, 3.8) is 0 Å². The van der Waals surface area contributed by atoms with Gasteiger partial charge in [0.2, 0.25) is 17.7 Å². The Hall–Kier alpha value is -3.43. The van der Waals surface area contributed by atoms with E-state index < -0.39 is 17.8 Å². The number of nitrogens with one attached hydrogen (secondary N) is 2. The molecular weight excluding hydrogens is 354 g/mol. The molecule has 1 saturated heterocycles. The molecule has 1 aromatic carbocycles. The zero-order valence-corrected chi connectivity index (χ0v) is 14.5. The fraction of sp³-hybridized carbons (Fsp3) is 0.353. The fourth-order valence-electron chi connectivity index (χ4n) is 2.84. The second-order valence-corrected chi connectivity index (χ2v) is 6.18. The van der Waals surface area contributed by atoms with Crippen molar-refractivity contribution in [3.8, 4) is 0 Å². The van der Waals surface area contributed by atoms with Gasteiger partial charge in [0, 0.05) is 13.1 Å². The number of H-pyrrole nitrogens is 1. The van der Waals surface area contributed by atoms with E-state index in [2.05, 4.69) is 15.3 Å². The molecule has 142 valence electrons. The molecule has 0 saturated carbocycles. The number of carbonyl (C=O) groups excluding carboxylic acids is 3. The number of aliphatic carboxylic acids is 1. The number of rotatable bonds is 6. The van der Waals surface area contributed by atoms with Crippen molar-refractivity contribution in [2.75, 3.05) is 32.7 Å². The van der Waals surface area contributed by atoms with Crippen molar-refractivity contribution in [3.05, 3.63) is 30.1 Å². The summed E-state index contributed by atoms with van der Waals surface area (Å²) in [7, 11) is 0. The number of fused-ring (bicyclic) bond motifs is 1. The Balaban J connectivity index is 1.46. The number of aromatic nitrogens is 2. The maximum Gasteiger partial charge on any atom is 0.323 e. The molecular formula is C17H19N5O5. The van der Waals surface area contributed by atoms with Crippen LogP contribution in [-0.4, -0.2) is 81.3 Å². The molecule has 10 heteroatoms. The molecule has 3 amide bonds. The summed E-state index contributed by atoms with van der Waals surface area (Å²) >= 11 is 0. The van der Waals surface area contributed by atoms with Crippen LogP contribution in [0.3, 0.4) is 0 Å². The Kier molecular flexibility index (Phi) is 5.34. The number of para-hydroxylation sites is 2. The van der Waals surface area contributed by atoms with Crippen LogP contribution in [0.4, 0.5) is 0 Å². The van der Waals surface area contributed by atoms with Crippen LogP contribution in [0.15, 0.2) is 24.3 Å². The number of carbonyl (C=O) groups is 4. The van der Waals surface area contributed by atoms with Gasteiger partial charge >= 0.3 is 5.97 Å². The van der Waals surface area contributed by atoms with Crippen molar-refractivity contribution < 1.29 is 24.3 Å². The standard InChI is InChI=1S/C17H19N5O5/c23-14(7-13-19-11-3-1-2-4-12(11)20-13)18-8-15(24)21-5-6-22(10-17(26)27)16(25)9-21/h1-4H,5-10H2,(H,18,23)(H,19,20)(H,26,27). The summed E-state index contributed by atoms with van der Waals surface area (Å²) in [5.74, 6) is -1.78. The number of hydrogen-bond acceptors (Lipinski definition) is 5. The van der Waals surface area contributed by atoms with E-state index in [-0.39, 0.29) is 45.1 Å². The highest BCUT2D eigenvalue weighted by molar-refractivity contribution is 5.90. The first-order chi connectivity index (χ1) is 12.9. The predicted molar refractivity (Wildman–Crippen MR) is 93.6 cm³/mol. The molecule has 0 aliphatic carbocycles. The van der Waals surface area contributed by atoms with E-state index in [0.29, 0.717) is 5.82 Å². The summed E-state index contributed by atoms with van der Waals surface area (Å²) in [5.41, 5.74) is 1.59. The van der Waals surface area contributed by atoms with Crippen LogP contribution < -0.4 is 5.32 Å². The van der Waals surface area contributed by atoms with Crippen LogP contribution in [-0.2, 0) is 25.6 Å². The van der Waals surface area contributed by atoms with E-state index in [1.165, 1.54) is 9.80 Å². The molecule has 0 unspecified atom stereocenters. The van der Waals surface area contributed by atoms with Gasteiger partial charge in [0.25, 0.3) is 0 Å². The summed E-state index contributed by atoms with van der Waals surface area (Å²) in [6.07, 6.45) is 0.00722. The largest absolute Gasteiger partial charge is 0.480 e. The number of hydrogen-bond donors (Lipinski definition) is 3. The van der Waals surface area contributed by atoms with Crippen molar-refractivity contribution in [1.29, 1.82) is 0 Å². The molecule has 1 aliphatic heterocycles. The van der Waals surface area contributed by atoms with E-state index in [9.17, 15) is 19.2 Å². The van der Waals surface area contributed by atoms with Crippen LogP contribution in [0, 0.1) is 0 Å². The first-order valence-corrected chi connectivity index (χ1v) is 8.40. The summed E-state index contributed by atoms with van der Waals surface area (Å²) in [6.45, 7) is -0.410. The molecule has 27 heavy (non-hydrogen) atoms. The predicted octanol–water partition coefficient (Wildman–Crippen LogP) is -1.02. The number of aromatic amines is 1. The van der Waals surface area contributed by atoms with Crippen LogP contribution in [0.1, 0.15) is 5.82 Å². The molecule has 2 aromatic rings. The number of piperazine rings is 1. The Morgan fingerprint density at radius 2 is 2.00 bits per heavy atom. The van der Waals surface area contributed by atoms with E-state index in [0.717, 1.165) is 11.0 Å². The highest BCUT2D eigenvalue weighted by atomic mass is 16.4. The third-order valence-electron chi connectivity index (χ3n) is 4.20. The second kappa shape index (κ2) is 7.85. The van der Waals surface area contributed by atoms with Gasteiger partial charge in [-0.15, -0.1) is 0 Å². The highest BCUT2D eigenvalue weighted by Gasteiger charge is 2.28. The normalized spacial score (nSPS) is 14.4. The topological polar surface area (TPSA) is 136 Å². The van der Waals surface area contributed by atoms with Crippen molar-refractivity contribution >= 4 is 34.7 Å². The second-order valence-electron chi connectivity index (χ2n) is 6.18. The minimum absolute atomic E-state index is 0.00722. The van der Waals surface area contributed by atoms with Crippen molar-refractivity contribution in [2.24, 2.45) is 0 Å². The molecule has 2 heterocycles. The van der Waals surface area contributed by atoms with Gasteiger partial charge in [-0.1, -0.05) is 12.1 Å². The first-order valence-electron chi connectivity index (χ1n) is 8.40. The lowest BCUT2D eigenvalue weighted by Gasteiger charge is -2.33. The molecule has 3 rings (SSSR count). The third-order valence-corrected chi connectivity index (χ3v) is 4.20. The minimum Gasteiger partial charge on any atom is -0.480 e. The number of nitrogens with zero attached hydrogens (tertiary/aromatic N) is 3. The summed E-state index contributed by atoms with van der Waals surface area (Å²) in [5, 5.41) is 11.3. The van der Waals surface area contributed by atoms with Crippen LogP contribution in [0.5, 0.6) is 0 Å². The summed E-state index contributed by atoms with van der Waals surface area (Å²) < 4.78 is 0. The SMILES string of the molecule is O=C(O)CN1CCN(C(=O)CNC(=O)Cc2nc3ccccc3[nH]2)CC1=O. The minimum atomic E-state index is -1.10. The zero-order valence-electron chi connectivity index (χ0n) is 14.5. The monoisotopic (exact) mass is 373 g/mol. The molecule has 3 N–H and O–H groups in total. The van der Waals surface area contributed by atoms with E-state index in [1.54, 1.807) is 0 Å². The van der Waals surface area contributed by atoms with Gasteiger partial charge in [-0.25, -0.2) is 4.98 Å². The van der Waals surface area contributed by atoms with E-state index in [4.69, 9.17) is 5.11 Å². The number of benzene rings is 1. The van der Waals surface area contributed by atoms with Crippen LogP contribution >= 0.6 is 0 Å². The van der Waals surface area contributed by atoms with Gasteiger partial charge in [-0.05, 0) is 12.1 Å². The lowest BCUT2D eigenvalue weighted by Crippen LogP contribution is -2.55. The van der Waals surface area contributed by atoms with E-state index >= 15 is 0 Å². The van der Waals surface area contributed by atoms with Crippen LogP contribution in [0.2, 0.25) is 0 Å². The maximum absolute atomic E-state index is 12.2. The number of imidazole rings is 1. The number of amides is 3. The average Bonchev–Trinajstić information content (AvgIpc) is 3.03. The van der Waals surface area contributed by atoms with Gasteiger partial charge < -0.3 is 25.2 Å². The Bertz CT molecular complexity index is 860. The Morgan fingerprint density at radius 3 is 2.70 bits per heavy atom. The molecule has 1 aromatic heterocycles. The molecule has 10 nitrogen and oxygen atoms in total. The number of carboxylic acids is 1. The Labute approximate surface area is 154 Å². The summed E-state index contributed by atoms with van der Waals surface area (Å²) in [6, 6.07) is 7.40. The van der Waals surface area contributed by atoms with Gasteiger partial charge in [-0.3, -0.25) is 19.2 Å². The maximum atomic E-state index is 12.2. The molecule has 1 aliphatic rings. The highest BCUT2D eigenvalue weighted by Crippen LogP contribution is 2.10. The third kappa shape index (κ3) is 4.60. The molecule has 0 radical (unpaired) electrons. The molecule has 0 bridgehead atoms. The van der Waals surface area contributed by atoms with Gasteiger partial charge in [0.05, 0.1) is 30.5 Å². The van der Waals surface area contributed by atoms with E-state index in [1.807, 2.05) is 24.3 Å². The Morgan fingerprint density at radius 1 is 1.22 bits per heavy atom. The smallest absolute Gasteiger partial charge is 0.323 e. The van der Waals surface area contributed by atoms with Gasteiger partial charge in [-0.2, -0.15) is 0 Å².